The summed E-state index contributed by atoms with van der Waals surface area (Å²) in [4.78, 5) is 18.3. The van der Waals surface area contributed by atoms with Gasteiger partial charge in [-0.25, -0.2) is 0 Å². The lowest BCUT2D eigenvalue weighted by molar-refractivity contribution is 0.0950. The van der Waals surface area contributed by atoms with Crippen molar-refractivity contribution in [2.45, 2.75) is 57.8 Å². The van der Waals surface area contributed by atoms with Crippen LogP contribution in [-0.4, -0.2) is 38.2 Å². The van der Waals surface area contributed by atoms with E-state index in [2.05, 4.69) is 25.9 Å². The van der Waals surface area contributed by atoms with Crippen LogP contribution in [0, 0.1) is 0 Å². The molecule has 1 aliphatic carbocycles. The maximum absolute atomic E-state index is 12.5. The highest BCUT2D eigenvalue weighted by Gasteiger charge is 2.26. The lowest BCUT2D eigenvalue weighted by atomic mass is 9.94. The molecule has 146 valence electrons. The van der Waals surface area contributed by atoms with Crippen LogP contribution in [0.25, 0.3) is 10.9 Å². The van der Waals surface area contributed by atoms with Crippen molar-refractivity contribution < 1.29 is 4.79 Å². The van der Waals surface area contributed by atoms with Crippen LogP contribution >= 0.6 is 0 Å². The van der Waals surface area contributed by atoms with Crippen molar-refractivity contribution in [3.63, 3.8) is 0 Å². The van der Waals surface area contributed by atoms with E-state index in [0.29, 0.717) is 12.1 Å². The second kappa shape index (κ2) is 7.43. The summed E-state index contributed by atoms with van der Waals surface area (Å²) in [5, 5.41) is 8.83. The van der Waals surface area contributed by atoms with Crippen LogP contribution in [0.2, 0.25) is 0 Å². The quantitative estimate of drug-likeness (QED) is 0.732. The summed E-state index contributed by atoms with van der Waals surface area (Å²) in [6.07, 6.45) is 8.68. The molecule has 1 amide bonds. The Hall–Kier alpha value is -2.60. The number of nitrogens with zero attached hydrogens (tertiary/aromatic N) is 3. The molecular weight excluding hydrogens is 350 g/mol. The Bertz CT molecular complexity index is 982. The van der Waals surface area contributed by atoms with E-state index in [1.54, 1.807) is 0 Å². The number of rotatable bonds is 4. The summed E-state index contributed by atoms with van der Waals surface area (Å²) >= 11 is 0. The minimum atomic E-state index is -0.0636. The number of aromatic amines is 1. The predicted molar refractivity (Wildman–Crippen MR) is 109 cm³/mol. The second-order valence-corrected chi connectivity index (χ2v) is 8.07. The number of benzene rings is 1. The fourth-order valence-corrected chi connectivity index (χ4v) is 4.65. The van der Waals surface area contributed by atoms with E-state index in [9.17, 15) is 4.79 Å². The van der Waals surface area contributed by atoms with Crippen LogP contribution in [0.15, 0.2) is 36.5 Å². The van der Waals surface area contributed by atoms with Gasteiger partial charge in [0, 0.05) is 36.4 Å². The van der Waals surface area contributed by atoms with Crippen molar-refractivity contribution >= 4 is 16.8 Å². The van der Waals surface area contributed by atoms with Gasteiger partial charge in [-0.3, -0.25) is 14.4 Å². The number of carbonyl (C=O) groups excluding carboxylic acids is 1. The van der Waals surface area contributed by atoms with Gasteiger partial charge in [0.2, 0.25) is 0 Å². The fraction of sp³-hybridized carbons (Fsp3) is 0.455. The Morgan fingerprint density at radius 1 is 1.14 bits per heavy atom. The van der Waals surface area contributed by atoms with Gasteiger partial charge in [-0.1, -0.05) is 25.3 Å². The maximum Gasteiger partial charge on any atom is 0.251 e. The normalized spacial score (nSPS) is 18.3. The van der Waals surface area contributed by atoms with Crippen molar-refractivity contribution in [1.82, 2.24) is 25.0 Å². The standard InChI is InChI=1S/C22H27N5O/c28-22(17-7-6-16-8-9-23-21(16)12-17)24-14-18-13-20-15-26(10-11-27(20)25-18)19-4-2-1-3-5-19/h6-9,12-13,19,23H,1-5,10-11,14-15H2,(H,24,28). The monoisotopic (exact) mass is 377 g/mol. The Morgan fingerprint density at radius 2 is 2.04 bits per heavy atom. The number of hydrogen-bond donors (Lipinski definition) is 2. The molecule has 0 unspecified atom stereocenters. The lowest BCUT2D eigenvalue weighted by Gasteiger charge is -2.36. The summed E-state index contributed by atoms with van der Waals surface area (Å²) in [5.74, 6) is -0.0636. The van der Waals surface area contributed by atoms with Crippen LogP contribution in [-0.2, 0) is 19.6 Å². The molecule has 2 N–H and O–H groups in total. The highest BCUT2D eigenvalue weighted by Crippen LogP contribution is 2.26. The highest BCUT2D eigenvalue weighted by molar-refractivity contribution is 5.97. The summed E-state index contributed by atoms with van der Waals surface area (Å²) in [6, 6.07) is 10.6. The van der Waals surface area contributed by atoms with Crippen molar-refractivity contribution in [2.24, 2.45) is 0 Å². The minimum absolute atomic E-state index is 0.0636. The molecule has 28 heavy (non-hydrogen) atoms. The Balaban J connectivity index is 1.22. The van der Waals surface area contributed by atoms with E-state index in [1.807, 2.05) is 30.5 Å². The van der Waals surface area contributed by atoms with E-state index in [1.165, 1.54) is 37.8 Å². The van der Waals surface area contributed by atoms with E-state index >= 15 is 0 Å². The zero-order valence-electron chi connectivity index (χ0n) is 16.2. The average Bonchev–Trinajstić information content (AvgIpc) is 3.37. The molecule has 1 fully saturated rings. The summed E-state index contributed by atoms with van der Waals surface area (Å²) in [7, 11) is 0. The van der Waals surface area contributed by atoms with Crippen LogP contribution in [0.3, 0.4) is 0 Å². The molecule has 1 aromatic carbocycles. The predicted octanol–water partition coefficient (Wildman–Crippen LogP) is 3.44. The molecule has 0 bridgehead atoms. The largest absolute Gasteiger partial charge is 0.361 e. The number of nitrogens with one attached hydrogen (secondary N) is 2. The van der Waals surface area contributed by atoms with Crippen LogP contribution < -0.4 is 5.32 Å². The number of amides is 1. The third-order valence-corrected chi connectivity index (χ3v) is 6.22. The molecule has 5 rings (SSSR count). The van der Waals surface area contributed by atoms with E-state index in [0.717, 1.165) is 42.3 Å². The van der Waals surface area contributed by atoms with Gasteiger partial charge in [0.25, 0.3) is 5.91 Å². The van der Waals surface area contributed by atoms with Gasteiger partial charge in [-0.15, -0.1) is 0 Å². The Morgan fingerprint density at radius 3 is 2.93 bits per heavy atom. The molecule has 1 aliphatic heterocycles. The Labute approximate surface area is 164 Å². The molecule has 6 nitrogen and oxygen atoms in total. The zero-order valence-corrected chi connectivity index (χ0v) is 16.2. The molecule has 0 spiro atoms. The molecule has 0 radical (unpaired) electrons. The van der Waals surface area contributed by atoms with Gasteiger partial charge in [0.15, 0.2) is 0 Å². The molecule has 0 saturated heterocycles. The summed E-state index contributed by atoms with van der Waals surface area (Å²) in [6.45, 7) is 3.48. The van der Waals surface area contributed by atoms with Gasteiger partial charge in [0.05, 0.1) is 24.5 Å². The van der Waals surface area contributed by atoms with Crippen LogP contribution in [0.1, 0.15) is 53.8 Å². The molecule has 1 saturated carbocycles. The third-order valence-electron chi connectivity index (χ3n) is 6.22. The van der Waals surface area contributed by atoms with Crippen molar-refractivity contribution in [3.05, 3.63) is 53.5 Å². The van der Waals surface area contributed by atoms with Gasteiger partial charge in [0.1, 0.15) is 0 Å². The Kier molecular flexibility index (Phi) is 4.64. The van der Waals surface area contributed by atoms with E-state index < -0.39 is 0 Å². The van der Waals surface area contributed by atoms with Crippen molar-refractivity contribution in [3.8, 4) is 0 Å². The molecule has 3 aromatic rings. The minimum Gasteiger partial charge on any atom is -0.361 e. The number of H-pyrrole nitrogens is 1. The molecular formula is C22H27N5O. The highest BCUT2D eigenvalue weighted by atomic mass is 16.1. The SMILES string of the molecule is O=C(NCc1cc2n(n1)CCN(C1CCCCC1)C2)c1ccc2cc[nH]c2c1. The fourth-order valence-electron chi connectivity index (χ4n) is 4.65. The summed E-state index contributed by atoms with van der Waals surface area (Å²) in [5.41, 5.74) is 3.86. The van der Waals surface area contributed by atoms with E-state index in [-0.39, 0.29) is 5.91 Å². The average molecular weight is 377 g/mol. The summed E-state index contributed by atoms with van der Waals surface area (Å²) < 4.78 is 2.12. The number of fused-ring (bicyclic) bond motifs is 2. The molecule has 2 aromatic heterocycles. The maximum atomic E-state index is 12.5. The first-order chi connectivity index (χ1) is 13.8. The first kappa shape index (κ1) is 17.5. The molecule has 2 aliphatic rings. The van der Waals surface area contributed by atoms with Crippen LogP contribution in [0.4, 0.5) is 0 Å². The lowest BCUT2D eigenvalue weighted by Crippen LogP contribution is -2.42. The van der Waals surface area contributed by atoms with E-state index in [4.69, 9.17) is 5.10 Å². The van der Waals surface area contributed by atoms with Gasteiger partial charge >= 0.3 is 0 Å². The van der Waals surface area contributed by atoms with Gasteiger partial charge < -0.3 is 10.3 Å². The molecule has 6 heteroatoms. The second-order valence-electron chi connectivity index (χ2n) is 8.07. The molecule has 3 heterocycles. The third kappa shape index (κ3) is 3.44. The topological polar surface area (TPSA) is 66.0 Å². The first-order valence-corrected chi connectivity index (χ1v) is 10.4. The molecule has 0 atom stereocenters. The van der Waals surface area contributed by atoms with Gasteiger partial charge in [-0.05, 0) is 42.5 Å². The first-order valence-electron chi connectivity index (χ1n) is 10.4. The smallest absolute Gasteiger partial charge is 0.251 e. The number of hydrogen-bond acceptors (Lipinski definition) is 3. The number of carbonyl (C=O) groups is 1. The number of aromatic nitrogens is 3. The van der Waals surface area contributed by atoms with Crippen LogP contribution in [0.5, 0.6) is 0 Å². The van der Waals surface area contributed by atoms with Crippen molar-refractivity contribution in [1.29, 1.82) is 0 Å². The van der Waals surface area contributed by atoms with Crippen molar-refractivity contribution in [2.75, 3.05) is 6.54 Å². The zero-order chi connectivity index (χ0) is 18.9. The van der Waals surface area contributed by atoms with Gasteiger partial charge in [-0.2, -0.15) is 5.10 Å².